The van der Waals surface area contributed by atoms with Crippen molar-refractivity contribution >= 4 is 17.8 Å². The van der Waals surface area contributed by atoms with Gasteiger partial charge in [0.15, 0.2) is 0 Å². The monoisotopic (exact) mass is 348 g/mol. The van der Waals surface area contributed by atoms with Crippen LogP contribution in [0.3, 0.4) is 0 Å². The Hall–Kier alpha value is -1.75. The second-order valence-electron chi connectivity index (χ2n) is 5.00. The predicted octanol–water partition coefficient (Wildman–Crippen LogP) is -1.75. The Morgan fingerprint density at radius 1 is 1.00 bits per heavy atom. The molecule has 0 saturated carbocycles. The molecule has 0 aliphatic heterocycles. The van der Waals surface area contributed by atoms with Crippen LogP contribution in [0.1, 0.15) is 6.92 Å². The van der Waals surface area contributed by atoms with E-state index >= 15 is 0 Å². The van der Waals surface area contributed by atoms with Gasteiger partial charge in [0.25, 0.3) is 0 Å². The molecule has 0 spiro atoms. The Kier molecular flexibility index (Phi) is 13.7. The van der Waals surface area contributed by atoms with E-state index in [1.54, 1.807) is 0 Å². The zero-order valence-electron chi connectivity index (χ0n) is 14.1. The summed E-state index contributed by atoms with van der Waals surface area (Å²) in [6, 6.07) is -0.379. The summed E-state index contributed by atoms with van der Waals surface area (Å²) in [4.78, 5) is 34.7. The molecule has 24 heavy (non-hydrogen) atoms. The van der Waals surface area contributed by atoms with E-state index in [0.29, 0.717) is 39.5 Å². The third kappa shape index (κ3) is 15.2. The molecule has 0 aromatic carbocycles. The molecular formula is C14H28N4O6. The summed E-state index contributed by atoms with van der Waals surface area (Å²) in [5.41, 5.74) is 5.26. The Morgan fingerprint density at radius 3 is 2.21 bits per heavy atom. The number of hydrogen-bond donors (Lipinski definition) is 4. The summed E-state index contributed by atoms with van der Waals surface area (Å²) in [6.07, 6.45) is 0. The lowest BCUT2D eigenvalue weighted by molar-refractivity contribution is -0.138. The Balaban J connectivity index is 3.65. The second-order valence-corrected chi connectivity index (χ2v) is 5.00. The number of carbonyl (C=O) groups is 3. The first-order valence-corrected chi connectivity index (χ1v) is 7.76. The average molecular weight is 348 g/mol. The lowest BCUT2D eigenvalue weighted by atomic mass is 10.3. The Labute approximate surface area is 141 Å². The van der Waals surface area contributed by atoms with Crippen molar-refractivity contribution in [3.8, 4) is 0 Å². The molecule has 0 aliphatic rings. The third-order valence-corrected chi connectivity index (χ3v) is 2.68. The number of nitrogens with zero attached hydrogens (tertiary/aromatic N) is 1. The smallest absolute Gasteiger partial charge is 0.317 e. The van der Waals surface area contributed by atoms with Crippen LogP contribution in [0.2, 0.25) is 0 Å². The molecule has 0 aliphatic carbocycles. The molecule has 0 aromatic heterocycles. The molecule has 0 fully saturated rings. The quantitative estimate of drug-likeness (QED) is 0.255. The molecule has 0 heterocycles. The molecule has 140 valence electrons. The molecule has 10 heteroatoms. The van der Waals surface area contributed by atoms with Gasteiger partial charge in [-0.2, -0.15) is 0 Å². The van der Waals surface area contributed by atoms with Crippen molar-refractivity contribution in [2.45, 2.75) is 6.92 Å². The number of aliphatic carboxylic acids is 1. The van der Waals surface area contributed by atoms with Gasteiger partial charge in [0.1, 0.15) is 5.78 Å². The van der Waals surface area contributed by atoms with Crippen LogP contribution in [0.25, 0.3) is 0 Å². The number of ether oxygens (including phenoxy) is 2. The number of amides is 2. The van der Waals surface area contributed by atoms with E-state index in [-0.39, 0.29) is 38.0 Å². The highest BCUT2D eigenvalue weighted by atomic mass is 16.5. The van der Waals surface area contributed by atoms with Crippen molar-refractivity contribution in [2.24, 2.45) is 5.73 Å². The van der Waals surface area contributed by atoms with Gasteiger partial charge in [-0.1, -0.05) is 0 Å². The topological polar surface area (TPSA) is 143 Å². The molecule has 0 saturated heterocycles. The maximum absolute atomic E-state index is 11.5. The molecule has 0 aromatic rings. The van der Waals surface area contributed by atoms with Crippen LogP contribution in [0.5, 0.6) is 0 Å². The zero-order chi connectivity index (χ0) is 18.2. The van der Waals surface area contributed by atoms with Crippen LogP contribution < -0.4 is 16.4 Å². The van der Waals surface area contributed by atoms with E-state index in [0.717, 1.165) is 0 Å². The highest BCUT2D eigenvalue weighted by molar-refractivity contribution is 5.78. The fourth-order valence-corrected chi connectivity index (χ4v) is 1.75. The average Bonchev–Trinajstić information content (AvgIpc) is 2.48. The number of carbonyl (C=O) groups excluding carboxylic acids is 2. The summed E-state index contributed by atoms with van der Waals surface area (Å²) >= 11 is 0. The van der Waals surface area contributed by atoms with Crippen LogP contribution in [0.4, 0.5) is 4.79 Å². The van der Waals surface area contributed by atoms with Crippen molar-refractivity contribution in [2.75, 3.05) is 65.7 Å². The number of Topliss-reactive ketones (excluding diaryl/α,β-unsaturated/α-hetero) is 1. The first kappa shape index (κ1) is 22.2. The van der Waals surface area contributed by atoms with E-state index in [2.05, 4.69) is 10.6 Å². The van der Waals surface area contributed by atoms with Gasteiger partial charge in [-0.15, -0.1) is 0 Å². The highest BCUT2D eigenvalue weighted by Gasteiger charge is 2.11. The second kappa shape index (κ2) is 14.8. The van der Waals surface area contributed by atoms with Gasteiger partial charge in [-0.3, -0.25) is 14.5 Å². The maximum atomic E-state index is 11.5. The summed E-state index contributed by atoms with van der Waals surface area (Å²) in [7, 11) is 0. The minimum Gasteiger partial charge on any atom is -0.480 e. The molecule has 0 unspecified atom stereocenters. The van der Waals surface area contributed by atoms with Gasteiger partial charge in [-0.25, -0.2) is 4.79 Å². The summed E-state index contributed by atoms with van der Waals surface area (Å²) in [6.45, 7) is 4.23. The highest BCUT2D eigenvalue weighted by Crippen LogP contribution is 1.88. The number of carboxylic acids is 1. The largest absolute Gasteiger partial charge is 0.480 e. The molecule has 0 radical (unpaired) electrons. The SMILES string of the molecule is CC(=O)CN(CCNC(=O)NCCOCCOCCN)CC(=O)O. The van der Waals surface area contributed by atoms with Crippen LogP contribution in [0, 0.1) is 0 Å². The van der Waals surface area contributed by atoms with Gasteiger partial charge in [-0.05, 0) is 6.92 Å². The van der Waals surface area contributed by atoms with E-state index in [1.165, 1.54) is 11.8 Å². The van der Waals surface area contributed by atoms with Crippen molar-refractivity contribution in [1.82, 2.24) is 15.5 Å². The molecule has 0 bridgehead atoms. The van der Waals surface area contributed by atoms with Crippen molar-refractivity contribution in [3.05, 3.63) is 0 Å². The van der Waals surface area contributed by atoms with E-state index in [4.69, 9.17) is 20.3 Å². The minimum atomic E-state index is -1.02. The normalized spacial score (nSPS) is 10.6. The zero-order valence-corrected chi connectivity index (χ0v) is 14.1. The van der Waals surface area contributed by atoms with Crippen molar-refractivity contribution < 1.29 is 29.0 Å². The van der Waals surface area contributed by atoms with Gasteiger partial charge in [0.2, 0.25) is 0 Å². The number of nitrogens with two attached hydrogens (primary N) is 1. The van der Waals surface area contributed by atoms with Gasteiger partial charge < -0.3 is 30.9 Å². The summed E-state index contributed by atoms with van der Waals surface area (Å²) in [5, 5.41) is 13.9. The third-order valence-electron chi connectivity index (χ3n) is 2.68. The number of rotatable bonds is 15. The fourth-order valence-electron chi connectivity index (χ4n) is 1.75. The standard InChI is InChI=1S/C14H28N4O6/c1-12(19)10-18(11-13(20)21)5-3-16-14(22)17-4-7-24-9-8-23-6-2-15/h2-11,15H2,1H3,(H,20,21)(H2,16,17,22). The maximum Gasteiger partial charge on any atom is 0.317 e. The number of ketones is 1. The van der Waals surface area contributed by atoms with Crippen molar-refractivity contribution in [3.63, 3.8) is 0 Å². The number of urea groups is 1. The van der Waals surface area contributed by atoms with Crippen LogP contribution in [0.15, 0.2) is 0 Å². The Morgan fingerprint density at radius 2 is 1.62 bits per heavy atom. The number of hydrogen-bond acceptors (Lipinski definition) is 7. The molecule has 2 amide bonds. The Bertz CT molecular complexity index is 364. The first-order valence-electron chi connectivity index (χ1n) is 7.76. The van der Waals surface area contributed by atoms with Gasteiger partial charge >= 0.3 is 12.0 Å². The summed E-state index contributed by atoms with van der Waals surface area (Å²) in [5.74, 6) is -1.15. The molecule has 5 N–H and O–H groups in total. The molecule has 0 rings (SSSR count). The van der Waals surface area contributed by atoms with Crippen LogP contribution in [-0.4, -0.2) is 93.5 Å². The molecular weight excluding hydrogens is 320 g/mol. The van der Waals surface area contributed by atoms with Crippen molar-refractivity contribution in [1.29, 1.82) is 0 Å². The van der Waals surface area contributed by atoms with E-state index in [9.17, 15) is 14.4 Å². The van der Waals surface area contributed by atoms with E-state index in [1.807, 2.05) is 0 Å². The first-order chi connectivity index (χ1) is 11.5. The molecule has 0 atom stereocenters. The predicted molar refractivity (Wildman–Crippen MR) is 86.9 cm³/mol. The summed E-state index contributed by atoms with van der Waals surface area (Å²) < 4.78 is 10.4. The van der Waals surface area contributed by atoms with Gasteiger partial charge in [0, 0.05) is 26.2 Å². The fraction of sp³-hybridized carbons (Fsp3) is 0.786. The lowest BCUT2D eigenvalue weighted by Gasteiger charge is -2.18. The molecule has 10 nitrogen and oxygen atoms in total. The lowest BCUT2D eigenvalue weighted by Crippen LogP contribution is -2.43. The number of carboxylic acid groups (broad SMARTS) is 1. The van der Waals surface area contributed by atoms with Gasteiger partial charge in [0.05, 0.1) is 39.5 Å². The minimum absolute atomic E-state index is 0.0374. The van der Waals surface area contributed by atoms with E-state index < -0.39 is 5.97 Å². The number of nitrogens with one attached hydrogen (secondary N) is 2. The van der Waals surface area contributed by atoms with Crippen LogP contribution >= 0.6 is 0 Å². The van der Waals surface area contributed by atoms with Crippen LogP contribution in [-0.2, 0) is 19.1 Å².